The molecule has 0 unspecified atom stereocenters. The molecule has 0 saturated carbocycles. The Morgan fingerprint density at radius 3 is 2.18 bits per heavy atom. The second kappa shape index (κ2) is 13.2. The molecule has 1 aromatic heterocycles. The maximum atomic E-state index is 13.2. The van der Waals surface area contributed by atoms with Crippen LogP contribution in [0.5, 0.6) is 0 Å². The average Bonchev–Trinajstić information content (AvgIpc) is 2.99. The summed E-state index contributed by atoms with van der Waals surface area (Å²) in [6.07, 6.45) is 4.02. The monoisotopic (exact) mass is 552 g/mol. The molecule has 12 heteroatoms. The second-order valence-electron chi connectivity index (χ2n) is 8.99. The lowest BCUT2D eigenvalue weighted by Gasteiger charge is -2.36. The number of hydrogen-bond donors (Lipinski definition) is 1. The highest BCUT2D eigenvalue weighted by atomic mass is 32.2. The Morgan fingerprint density at radius 2 is 1.54 bits per heavy atom. The molecule has 1 aliphatic heterocycles. The third-order valence-corrected chi connectivity index (χ3v) is 7.47. The van der Waals surface area contributed by atoms with Crippen LogP contribution in [0.25, 0.3) is 0 Å². The van der Waals surface area contributed by atoms with Gasteiger partial charge in [-0.2, -0.15) is 0 Å². The Bertz CT molecular complexity index is 1330. The lowest BCUT2D eigenvalue weighted by atomic mass is 10.1. The van der Waals surface area contributed by atoms with Gasteiger partial charge in [-0.1, -0.05) is 25.1 Å². The zero-order valence-electron chi connectivity index (χ0n) is 21.8. The summed E-state index contributed by atoms with van der Waals surface area (Å²) in [5, 5.41) is 0. The van der Waals surface area contributed by atoms with Gasteiger partial charge in [-0.25, -0.2) is 18.4 Å². The van der Waals surface area contributed by atoms with Gasteiger partial charge in [0, 0.05) is 62.9 Å². The average molecular weight is 553 g/mol. The summed E-state index contributed by atoms with van der Waals surface area (Å²) in [6, 6.07) is 16.8. The van der Waals surface area contributed by atoms with Crippen molar-refractivity contribution >= 4 is 33.5 Å². The maximum Gasteiger partial charge on any atom is 0.327 e. The second-order valence-corrected chi connectivity index (χ2v) is 10.6. The lowest BCUT2D eigenvalue weighted by molar-refractivity contribution is -0.147. The zero-order valence-corrected chi connectivity index (χ0v) is 22.6. The molecule has 1 saturated heterocycles. The van der Waals surface area contributed by atoms with E-state index in [1.54, 1.807) is 53.7 Å². The van der Waals surface area contributed by atoms with Gasteiger partial charge in [0.1, 0.15) is 0 Å². The lowest BCUT2D eigenvalue weighted by Crippen LogP contribution is -2.47. The SMILES string of the molecule is CCCN(CCC(=O)ONS(=O)(=O)c1ccccc1)C(=O)c1ccc(N2CCN(c3ncccn3)CC2)cc1. The number of benzene rings is 2. The molecule has 206 valence electrons. The van der Waals surface area contributed by atoms with Crippen LogP contribution >= 0.6 is 0 Å². The first kappa shape index (κ1) is 28.0. The van der Waals surface area contributed by atoms with Crippen LogP contribution in [0.3, 0.4) is 0 Å². The summed E-state index contributed by atoms with van der Waals surface area (Å²) in [4.78, 5) is 46.6. The Kier molecular flexibility index (Phi) is 9.45. The number of piperazine rings is 1. The molecular weight excluding hydrogens is 520 g/mol. The Morgan fingerprint density at radius 1 is 0.897 bits per heavy atom. The zero-order chi connectivity index (χ0) is 27.7. The quantitative estimate of drug-likeness (QED) is 0.357. The number of aromatic nitrogens is 2. The number of anilines is 2. The van der Waals surface area contributed by atoms with Gasteiger partial charge in [0.05, 0.1) is 11.3 Å². The van der Waals surface area contributed by atoms with Gasteiger partial charge in [0.2, 0.25) is 5.95 Å². The highest BCUT2D eigenvalue weighted by molar-refractivity contribution is 7.89. The number of sulfonamides is 1. The van der Waals surface area contributed by atoms with E-state index in [1.807, 2.05) is 23.9 Å². The molecule has 1 amide bonds. The third-order valence-electron chi connectivity index (χ3n) is 6.28. The molecule has 0 radical (unpaired) electrons. The predicted molar refractivity (Wildman–Crippen MR) is 147 cm³/mol. The summed E-state index contributed by atoms with van der Waals surface area (Å²) in [5.74, 6) is -0.252. The van der Waals surface area contributed by atoms with Gasteiger partial charge >= 0.3 is 5.97 Å². The van der Waals surface area contributed by atoms with Gasteiger partial charge in [0.15, 0.2) is 0 Å². The normalized spacial score (nSPS) is 13.7. The van der Waals surface area contributed by atoms with E-state index in [4.69, 9.17) is 4.84 Å². The fourth-order valence-electron chi connectivity index (χ4n) is 4.23. The van der Waals surface area contributed by atoms with Crippen LogP contribution in [0, 0.1) is 0 Å². The number of hydrogen-bond acceptors (Lipinski definition) is 9. The van der Waals surface area contributed by atoms with Crippen molar-refractivity contribution in [3.05, 3.63) is 78.6 Å². The van der Waals surface area contributed by atoms with Crippen molar-refractivity contribution in [3.8, 4) is 0 Å². The van der Waals surface area contributed by atoms with Gasteiger partial charge in [-0.3, -0.25) is 9.59 Å². The van der Waals surface area contributed by atoms with Crippen molar-refractivity contribution in [2.75, 3.05) is 49.1 Å². The van der Waals surface area contributed by atoms with E-state index in [9.17, 15) is 18.0 Å². The topological polar surface area (TPSA) is 125 Å². The van der Waals surface area contributed by atoms with Crippen LogP contribution in [0.2, 0.25) is 0 Å². The number of nitrogens with zero attached hydrogens (tertiary/aromatic N) is 5. The van der Waals surface area contributed by atoms with E-state index >= 15 is 0 Å². The van der Waals surface area contributed by atoms with E-state index in [0.29, 0.717) is 18.5 Å². The first-order chi connectivity index (χ1) is 18.9. The largest absolute Gasteiger partial charge is 0.368 e. The van der Waals surface area contributed by atoms with E-state index in [0.717, 1.165) is 37.8 Å². The first-order valence-electron chi connectivity index (χ1n) is 12.8. The molecule has 1 N–H and O–H groups in total. The minimum Gasteiger partial charge on any atom is -0.368 e. The molecule has 0 atom stereocenters. The number of amides is 1. The van der Waals surface area contributed by atoms with E-state index < -0.39 is 16.0 Å². The highest BCUT2D eigenvalue weighted by Gasteiger charge is 2.21. The smallest absolute Gasteiger partial charge is 0.327 e. The molecule has 4 rings (SSSR count). The summed E-state index contributed by atoms with van der Waals surface area (Å²) < 4.78 is 24.5. The summed E-state index contributed by atoms with van der Waals surface area (Å²) >= 11 is 0. The molecule has 3 aromatic rings. The molecule has 2 heterocycles. The molecule has 2 aromatic carbocycles. The minimum absolute atomic E-state index is 0.0175. The van der Waals surface area contributed by atoms with Crippen molar-refractivity contribution in [2.45, 2.75) is 24.7 Å². The molecule has 1 fully saturated rings. The fourth-order valence-corrected chi connectivity index (χ4v) is 5.04. The molecular formula is C27H32N6O5S. The van der Waals surface area contributed by atoms with Crippen LogP contribution in [0.1, 0.15) is 30.1 Å². The predicted octanol–water partition coefficient (Wildman–Crippen LogP) is 2.48. The van der Waals surface area contributed by atoms with Crippen molar-refractivity contribution in [3.63, 3.8) is 0 Å². The van der Waals surface area contributed by atoms with Crippen molar-refractivity contribution in [2.24, 2.45) is 0 Å². The van der Waals surface area contributed by atoms with Crippen LogP contribution in [-0.2, 0) is 19.7 Å². The van der Waals surface area contributed by atoms with Crippen LogP contribution in [0.15, 0.2) is 78.0 Å². The third kappa shape index (κ3) is 7.52. The van der Waals surface area contributed by atoms with Crippen molar-refractivity contribution < 1.29 is 22.8 Å². The van der Waals surface area contributed by atoms with Crippen molar-refractivity contribution in [1.82, 2.24) is 19.8 Å². The summed E-state index contributed by atoms with van der Waals surface area (Å²) in [5.41, 5.74) is 1.54. The fraction of sp³-hybridized carbons (Fsp3) is 0.333. The van der Waals surface area contributed by atoms with E-state index in [2.05, 4.69) is 19.8 Å². The van der Waals surface area contributed by atoms with E-state index in [-0.39, 0.29) is 23.8 Å². The molecule has 0 aliphatic carbocycles. The highest BCUT2D eigenvalue weighted by Crippen LogP contribution is 2.20. The van der Waals surface area contributed by atoms with Crippen LogP contribution in [0.4, 0.5) is 11.6 Å². The first-order valence-corrected chi connectivity index (χ1v) is 14.3. The number of rotatable bonds is 11. The summed E-state index contributed by atoms with van der Waals surface area (Å²) in [7, 11) is -3.98. The number of carbonyl (C=O) groups is 2. The Labute approximate surface area is 228 Å². The van der Waals surface area contributed by atoms with Gasteiger partial charge in [-0.05, 0) is 53.8 Å². The van der Waals surface area contributed by atoms with Gasteiger partial charge < -0.3 is 19.5 Å². The number of carbonyl (C=O) groups excluding carboxylic acids is 2. The molecule has 1 aliphatic rings. The Balaban J connectivity index is 1.28. The minimum atomic E-state index is -3.98. The standard InChI is InChI=1S/C27H32N6O5S/c1-2-16-32(17-13-25(34)38-30-39(36,37)24-7-4-3-5-8-24)26(35)22-9-11-23(12-10-22)31-18-20-33(21-19-31)27-28-14-6-15-29-27/h3-12,14-15,30H,2,13,16-21H2,1H3. The maximum absolute atomic E-state index is 13.2. The number of nitrogens with one attached hydrogen (secondary N) is 1. The molecule has 39 heavy (non-hydrogen) atoms. The van der Waals surface area contributed by atoms with Gasteiger partial charge in [-0.15, -0.1) is 0 Å². The Hall–Kier alpha value is -4.03. The molecule has 0 spiro atoms. The van der Waals surface area contributed by atoms with E-state index in [1.165, 1.54) is 12.1 Å². The van der Waals surface area contributed by atoms with Crippen molar-refractivity contribution in [1.29, 1.82) is 0 Å². The molecule has 11 nitrogen and oxygen atoms in total. The summed E-state index contributed by atoms with van der Waals surface area (Å²) in [6.45, 7) is 5.71. The van der Waals surface area contributed by atoms with Crippen LogP contribution in [-0.4, -0.2) is 74.4 Å². The van der Waals surface area contributed by atoms with Gasteiger partial charge in [0.25, 0.3) is 15.9 Å². The molecule has 0 bridgehead atoms. The van der Waals surface area contributed by atoms with Crippen LogP contribution < -0.4 is 14.7 Å².